The van der Waals surface area contributed by atoms with E-state index in [2.05, 4.69) is 4.98 Å². The number of aryl methyl sites for hydroxylation is 1. The summed E-state index contributed by atoms with van der Waals surface area (Å²) < 4.78 is 13.4. The summed E-state index contributed by atoms with van der Waals surface area (Å²) in [4.78, 5) is 27.8. The average molecular weight is 301 g/mol. The Kier molecular flexibility index (Phi) is 3.32. The van der Waals surface area contributed by atoms with Crippen molar-refractivity contribution in [2.45, 2.75) is 12.8 Å². The molecule has 112 valence electrons. The van der Waals surface area contributed by atoms with E-state index in [-0.39, 0.29) is 11.6 Å². The third-order valence-corrected chi connectivity index (χ3v) is 3.72. The van der Waals surface area contributed by atoms with Gasteiger partial charge in [-0.05, 0) is 18.1 Å². The monoisotopic (exact) mass is 301 g/mol. The van der Waals surface area contributed by atoms with E-state index in [4.69, 9.17) is 0 Å². The van der Waals surface area contributed by atoms with Crippen molar-refractivity contribution in [3.05, 3.63) is 52.1 Å². The molecule has 22 heavy (non-hydrogen) atoms. The number of hydrogen-bond acceptors (Lipinski definition) is 4. The van der Waals surface area contributed by atoms with E-state index >= 15 is 0 Å². The van der Waals surface area contributed by atoms with Gasteiger partial charge in [0.2, 0.25) is 5.91 Å². The van der Waals surface area contributed by atoms with Gasteiger partial charge in [0.1, 0.15) is 5.82 Å². The number of carbonyl (C=O) groups excluding carboxylic acids is 1. The topological polar surface area (TPSA) is 76.3 Å². The molecule has 1 aliphatic heterocycles. The molecule has 1 amide bonds. The molecule has 0 bridgehead atoms. The Labute approximate surface area is 125 Å². The lowest BCUT2D eigenvalue weighted by Gasteiger charge is -2.28. The maximum Gasteiger partial charge on any atom is 0.270 e. The number of nitrogens with zero attached hydrogens (tertiary/aromatic N) is 3. The van der Waals surface area contributed by atoms with Gasteiger partial charge in [0.15, 0.2) is 0 Å². The second kappa shape index (κ2) is 5.18. The molecule has 0 radical (unpaired) electrons. The van der Waals surface area contributed by atoms with Crippen LogP contribution in [-0.2, 0) is 11.2 Å². The van der Waals surface area contributed by atoms with E-state index in [0.29, 0.717) is 35.2 Å². The summed E-state index contributed by atoms with van der Waals surface area (Å²) in [5.74, 6) is -0.616. The smallest absolute Gasteiger partial charge is 0.270 e. The highest BCUT2D eigenvalue weighted by molar-refractivity contribution is 6.01. The van der Waals surface area contributed by atoms with Gasteiger partial charge in [-0.1, -0.05) is 0 Å². The number of rotatable bonds is 2. The molecule has 0 N–H and O–H groups in total. The highest BCUT2D eigenvalue weighted by atomic mass is 19.1. The Morgan fingerprint density at radius 2 is 2.05 bits per heavy atom. The fraction of sp³-hybridized carbons (Fsp3) is 0.200. The second-order valence-corrected chi connectivity index (χ2v) is 5.10. The molecule has 0 atom stereocenters. The number of aromatic nitrogens is 1. The summed E-state index contributed by atoms with van der Waals surface area (Å²) in [6.07, 6.45) is 3.21. The van der Waals surface area contributed by atoms with Gasteiger partial charge < -0.3 is 4.90 Å². The summed E-state index contributed by atoms with van der Waals surface area (Å²) >= 11 is 0. The number of non-ortho nitro benzene ring substituents is 1. The minimum Gasteiger partial charge on any atom is -0.315 e. The number of nitro benzene ring substituents is 1. The van der Waals surface area contributed by atoms with Crippen molar-refractivity contribution in [2.24, 2.45) is 0 Å². The fourth-order valence-electron chi connectivity index (χ4n) is 2.68. The molecule has 0 saturated heterocycles. The first-order valence-corrected chi connectivity index (χ1v) is 6.66. The fourth-order valence-corrected chi connectivity index (χ4v) is 2.68. The molecule has 3 rings (SSSR count). The molecule has 0 unspecified atom stereocenters. The zero-order valence-corrected chi connectivity index (χ0v) is 11.7. The predicted molar refractivity (Wildman–Crippen MR) is 78.0 cm³/mol. The van der Waals surface area contributed by atoms with Crippen molar-refractivity contribution in [1.82, 2.24) is 4.98 Å². The number of fused-ring (bicyclic) bond motifs is 1. The first kappa shape index (κ1) is 14.1. The quantitative estimate of drug-likeness (QED) is 0.631. The Morgan fingerprint density at radius 3 is 2.73 bits per heavy atom. The summed E-state index contributed by atoms with van der Waals surface area (Å²) in [6, 6.07) is 4.07. The number of halogens is 1. The zero-order valence-electron chi connectivity index (χ0n) is 11.7. The second-order valence-electron chi connectivity index (χ2n) is 5.10. The van der Waals surface area contributed by atoms with Crippen LogP contribution < -0.4 is 4.90 Å². The number of pyridine rings is 1. The Morgan fingerprint density at radius 1 is 1.27 bits per heavy atom. The number of anilines is 1. The van der Waals surface area contributed by atoms with Crippen LogP contribution in [0.5, 0.6) is 0 Å². The van der Waals surface area contributed by atoms with Crippen LogP contribution in [0.25, 0.3) is 11.1 Å². The van der Waals surface area contributed by atoms with E-state index in [9.17, 15) is 19.3 Å². The number of nitro groups is 1. The molecule has 1 aromatic heterocycles. The Bertz CT molecular complexity index is 792. The first-order chi connectivity index (χ1) is 10.5. The van der Waals surface area contributed by atoms with Crippen molar-refractivity contribution in [3.8, 4) is 11.1 Å². The average Bonchev–Trinajstić information content (AvgIpc) is 2.50. The third-order valence-electron chi connectivity index (χ3n) is 3.72. The van der Waals surface area contributed by atoms with Gasteiger partial charge in [-0.15, -0.1) is 0 Å². The maximum atomic E-state index is 13.4. The number of benzene rings is 1. The van der Waals surface area contributed by atoms with Crippen molar-refractivity contribution < 1.29 is 14.1 Å². The number of amides is 1. The SMILES string of the molecule is CN1C(=O)CCc2cc([N+](=O)[O-])cc(-c3cncc(F)c3)c21. The minimum atomic E-state index is -0.539. The Balaban J connectivity index is 2.29. The molecule has 0 saturated carbocycles. The summed E-state index contributed by atoms with van der Waals surface area (Å²) in [5, 5.41) is 11.1. The lowest BCUT2D eigenvalue weighted by molar-refractivity contribution is -0.384. The highest BCUT2D eigenvalue weighted by Crippen LogP contribution is 2.40. The highest BCUT2D eigenvalue weighted by Gasteiger charge is 2.27. The molecular weight excluding hydrogens is 289 g/mol. The number of carbonyl (C=O) groups is 1. The van der Waals surface area contributed by atoms with Crippen molar-refractivity contribution >= 4 is 17.3 Å². The zero-order chi connectivity index (χ0) is 15.9. The van der Waals surface area contributed by atoms with Crippen LogP contribution in [0.15, 0.2) is 30.6 Å². The van der Waals surface area contributed by atoms with E-state index in [1.165, 1.54) is 29.3 Å². The van der Waals surface area contributed by atoms with Crippen LogP contribution in [0.3, 0.4) is 0 Å². The molecular formula is C15H12FN3O3. The van der Waals surface area contributed by atoms with E-state index < -0.39 is 10.7 Å². The summed E-state index contributed by atoms with van der Waals surface area (Å²) in [5.41, 5.74) is 2.04. The standard InChI is InChI=1S/C15H12FN3O3/c1-18-14(20)3-2-9-5-12(19(21)22)6-13(15(9)18)10-4-11(16)8-17-7-10/h4-8H,2-3H2,1H3. The van der Waals surface area contributed by atoms with Gasteiger partial charge in [-0.2, -0.15) is 0 Å². The van der Waals surface area contributed by atoms with Crippen LogP contribution in [0.1, 0.15) is 12.0 Å². The molecule has 0 aliphatic carbocycles. The lowest BCUT2D eigenvalue weighted by Crippen LogP contribution is -2.31. The van der Waals surface area contributed by atoms with E-state index in [1.807, 2.05) is 0 Å². The lowest BCUT2D eigenvalue weighted by atomic mass is 9.93. The van der Waals surface area contributed by atoms with Crippen LogP contribution in [-0.4, -0.2) is 22.9 Å². The maximum absolute atomic E-state index is 13.4. The summed E-state index contributed by atoms with van der Waals surface area (Å²) in [6.45, 7) is 0. The van der Waals surface area contributed by atoms with E-state index in [0.717, 1.165) is 6.20 Å². The van der Waals surface area contributed by atoms with Crippen LogP contribution >= 0.6 is 0 Å². The van der Waals surface area contributed by atoms with Gasteiger partial charge in [0.05, 0.1) is 16.8 Å². The minimum absolute atomic E-state index is 0.0769. The molecule has 2 aromatic rings. The van der Waals surface area contributed by atoms with Crippen LogP contribution in [0.2, 0.25) is 0 Å². The number of hydrogen-bond donors (Lipinski definition) is 0. The van der Waals surface area contributed by atoms with Gasteiger partial charge >= 0.3 is 0 Å². The van der Waals surface area contributed by atoms with Gasteiger partial charge in [0, 0.05) is 42.9 Å². The van der Waals surface area contributed by atoms with Gasteiger partial charge in [-0.3, -0.25) is 19.9 Å². The van der Waals surface area contributed by atoms with Crippen LogP contribution in [0, 0.1) is 15.9 Å². The molecule has 1 aliphatic rings. The normalized spacial score (nSPS) is 13.9. The molecule has 1 aromatic carbocycles. The molecule has 0 spiro atoms. The molecule has 2 heterocycles. The molecule has 0 fully saturated rings. The molecule has 6 nitrogen and oxygen atoms in total. The molecule has 7 heteroatoms. The van der Waals surface area contributed by atoms with Crippen molar-refractivity contribution in [3.63, 3.8) is 0 Å². The van der Waals surface area contributed by atoms with Gasteiger partial charge in [0.25, 0.3) is 5.69 Å². The van der Waals surface area contributed by atoms with Crippen LogP contribution in [0.4, 0.5) is 15.8 Å². The van der Waals surface area contributed by atoms with E-state index in [1.54, 1.807) is 7.05 Å². The largest absolute Gasteiger partial charge is 0.315 e. The predicted octanol–water partition coefficient (Wildman–Crippen LogP) is 2.70. The summed E-state index contributed by atoms with van der Waals surface area (Å²) in [7, 11) is 1.61. The Hall–Kier alpha value is -2.83. The third kappa shape index (κ3) is 2.30. The van der Waals surface area contributed by atoms with Crippen molar-refractivity contribution in [1.29, 1.82) is 0 Å². The van der Waals surface area contributed by atoms with Crippen molar-refractivity contribution in [2.75, 3.05) is 11.9 Å². The first-order valence-electron chi connectivity index (χ1n) is 6.66. The van der Waals surface area contributed by atoms with Gasteiger partial charge in [-0.25, -0.2) is 4.39 Å².